The number of nitrogens with zero attached hydrogens (tertiary/aromatic N) is 4. The number of hydrogen-bond donors (Lipinski definition) is 1. The van der Waals surface area contributed by atoms with Gasteiger partial charge in [-0.25, -0.2) is 4.68 Å². The summed E-state index contributed by atoms with van der Waals surface area (Å²) in [4.78, 5) is 28.0. The lowest BCUT2D eigenvalue weighted by molar-refractivity contribution is -0.124. The number of hydrogen-bond acceptors (Lipinski definition) is 5. The molecule has 3 aromatic rings. The average Bonchev–Trinajstić information content (AvgIpc) is 3.35. The Labute approximate surface area is 175 Å². The van der Waals surface area contributed by atoms with Gasteiger partial charge in [-0.2, -0.15) is 5.10 Å². The third-order valence-electron chi connectivity index (χ3n) is 6.36. The molecule has 1 aliphatic rings. The number of carbonyl (C=O) groups is 1. The summed E-state index contributed by atoms with van der Waals surface area (Å²) < 4.78 is 8.45. The maximum absolute atomic E-state index is 12.9. The fourth-order valence-electron chi connectivity index (χ4n) is 4.56. The second kappa shape index (κ2) is 8.63. The smallest absolute Gasteiger partial charge is 0.291 e. The molecule has 0 bridgehead atoms. The van der Waals surface area contributed by atoms with E-state index in [1.54, 1.807) is 29.7 Å². The second-order valence-corrected chi connectivity index (χ2v) is 8.43. The molecule has 3 heterocycles. The van der Waals surface area contributed by atoms with Gasteiger partial charge >= 0.3 is 0 Å². The van der Waals surface area contributed by atoms with Crippen molar-refractivity contribution >= 4 is 22.5 Å². The van der Waals surface area contributed by atoms with Crippen LogP contribution in [-0.4, -0.2) is 51.2 Å². The van der Waals surface area contributed by atoms with Crippen molar-refractivity contribution in [2.45, 2.75) is 64.5 Å². The molecule has 0 aliphatic heterocycles. The quantitative estimate of drug-likeness (QED) is 0.602. The molecule has 1 saturated carbocycles. The molecule has 4 rings (SSSR count). The highest BCUT2D eigenvalue weighted by atomic mass is 16.3. The first-order valence-corrected chi connectivity index (χ1v) is 10.9. The zero-order chi connectivity index (χ0) is 21.3. The second-order valence-electron chi connectivity index (χ2n) is 8.43. The number of nitrogens with one attached hydrogen (secondary N) is 1. The summed E-state index contributed by atoms with van der Waals surface area (Å²) in [7, 11) is 2.18. The van der Waals surface area contributed by atoms with Crippen LogP contribution >= 0.6 is 0 Å². The van der Waals surface area contributed by atoms with Gasteiger partial charge < -0.3 is 14.6 Å². The third kappa shape index (κ3) is 3.88. The maximum atomic E-state index is 12.9. The number of aromatic nitrogens is 3. The average molecular weight is 414 g/mol. The van der Waals surface area contributed by atoms with E-state index in [1.165, 1.54) is 36.8 Å². The van der Waals surface area contributed by atoms with E-state index in [1.807, 2.05) is 6.92 Å². The van der Waals surface area contributed by atoms with Crippen molar-refractivity contribution in [1.82, 2.24) is 24.4 Å². The predicted octanol–water partition coefficient (Wildman–Crippen LogP) is 2.88. The first kappa shape index (κ1) is 20.7. The summed E-state index contributed by atoms with van der Waals surface area (Å²) in [5.41, 5.74) is 1.60. The number of aryl methyl sites for hydroxylation is 1. The molecular formula is C22H31N5O3. The molecule has 3 aromatic heterocycles. The highest BCUT2D eigenvalue weighted by Crippen LogP contribution is 2.22. The molecule has 1 amide bonds. The Morgan fingerprint density at radius 2 is 2.10 bits per heavy atom. The molecular weight excluding hydrogens is 382 g/mol. The zero-order valence-electron chi connectivity index (χ0n) is 18.1. The van der Waals surface area contributed by atoms with E-state index in [4.69, 9.17) is 4.42 Å². The van der Waals surface area contributed by atoms with Crippen molar-refractivity contribution in [2.24, 2.45) is 0 Å². The number of fused-ring (bicyclic) bond motifs is 3. The van der Waals surface area contributed by atoms with Crippen LogP contribution in [0.5, 0.6) is 0 Å². The summed E-state index contributed by atoms with van der Waals surface area (Å²) in [5, 5.41) is 7.36. The summed E-state index contributed by atoms with van der Waals surface area (Å²) in [6.45, 7) is 5.09. The van der Waals surface area contributed by atoms with E-state index in [0.717, 1.165) is 18.5 Å². The summed E-state index contributed by atoms with van der Waals surface area (Å²) in [6.07, 6.45) is 9.03. The van der Waals surface area contributed by atoms with Crippen molar-refractivity contribution in [1.29, 1.82) is 0 Å². The van der Waals surface area contributed by atoms with E-state index in [9.17, 15) is 9.59 Å². The highest BCUT2D eigenvalue weighted by molar-refractivity contribution is 5.83. The van der Waals surface area contributed by atoms with Crippen LogP contribution in [0, 0.1) is 6.92 Å². The lowest BCUT2D eigenvalue weighted by Gasteiger charge is -2.31. The van der Waals surface area contributed by atoms with Gasteiger partial charge in [0.1, 0.15) is 17.4 Å². The molecule has 8 nitrogen and oxygen atoms in total. The van der Waals surface area contributed by atoms with E-state index in [2.05, 4.69) is 22.4 Å². The van der Waals surface area contributed by atoms with Crippen molar-refractivity contribution in [3.8, 4) is 0 Å². The van der Waals surface area contributed by atoms with Crippen LogP contribution in [0.4, 0.5) is 0 Å². The Bertz CT molecular complexity index is 1090. The molecule has 1 fully saturated rings. The van der Waals surface area contributed by atoms with E-state index < -0.39 is 6.04 Å². The molecule has 0 saturated heterocycles. The van der Waals surface area contributed by atoms with Crippen molar-refractivity contribution in [3.05, 3.63) is 34.6 Å². The topological polar surface area (TPSA) is 84.8 Å². The third-order valence-corrected chi connectivity index (χ3v) is 6.36. The highest BCUT2D eigenvalue weighted by Gasteiger charge is 2.22. The molecule has 0 aromatic carbocycles. The SMILES string of the molecule is Cc1nn([C@H](C)C(=O)NCCCN(C)C2CCCCC2)c(=O)c2cc3occc3n12. The standard InChI is InChI=1S/C22H31N5O3/c1-15(21(28)23-11-7-12-25(3)17-8-5-4-6-9-17)27-22(29)19-14-20-18(10-13-30-20)26(19)16(2)24-27/h10,13-15,17H,4-9,11-12H2,1-3H3,(H,23,28)/t15-/m1/s1. The van der Waals surface area contributed by atoms with Crippen LogP contribution in [0.25, 0.3) is 16.6 Å². The van der Waals surface area contributed by atoms with Crippen LogP contribution in [0.15, 0.2) is 27.6 Å². The van der Waals surface area contributed by atoms with Gasteiger partial charge in [0.2, 0.25) is 5.91 Å². The van der Waals surface area contributed by atoms with Crippen LogP contribution in [-0.2, 0) is 4.79 Å². The van der Waals surface area contributed by atoms with Crippen LogP contribution in [0.1, 0.15) is 57.3 Å². The van der Waals surface area contributed by atoms with Gasteiger partial charge in [-0.15, -0.1) is 0 Å². The fourth-order valence-corrected chi connectivity index (χ4v) is 4.56. The fraction of sp³-hybridized carbons (Fsp3) is 0.591. The van der Waals surface area contributed by atoms with Gasteiger partial charge in [0.25, 0.3) is 5.56 Å². The number of furan rings is 1. The molecule has 1 aliphatic carbocycles. The molecule has 8 heteroatoms. The molecule has 0 spiro atoms. The van der Waals surface area contributed by atoms with Crippen molar-refractivity contribution in [2.75, 3.05) is 20.1 Å². The zero-order valence-corrected chi connectivity index (χ0v) is 18.1. The lowest BCUT2D eigenvalue weighted by Crippen LogP contribution is -2.39. The van der Waals surface area contributed by atoms with Crippen LogP contribution in [0.3, 0.4) is 0 Å². The van der Waals surface area contributed by atoms with Gasteiger partial charge in [0, 0.05) is 24.7 Å². The molecule has 0 unspecified atom stereocenters. The largest absolute Gasteiger partial charge is 0.463 e. The number of amides is 1. The van der Waals surface area contributed by atoms with Gasteiger partial charge in [-0.3, -0.25) is 14.0 Å². The Morgan fingerprint density at radius 3 is 2.87 bits per heavy atom. The Hall–Kier alpha value is -2.61. The molecule has 0 radical (unpaired) electrons. The predicted molar refractivity (Wildman–Crippen MR) is 116 cm³/mol. The summed E-state index contributed by atoms with van der Waals surface area (Å²) >= 11 is 0. The normalized spacial score (nSPS) is 16.5. The maximum Gasteiger partial charge on any atom is 0.291 e. The van der Waals surface area contributed by atoms with Gasteiger partial charge in [-0.1, -0.05) is 19.3 Å². The Morgan fingerprint density at radius 1 is 1.33 bits per heavy atom. The van der Waals surface area contributed by atoms with E-state index >= 15 is 0 Å². The molecule has 30 heavy (non-hydrogen) atoms. The van der Waals surface area contributed by atoms with E-state index in [0.29, 0.717) is 29.5 Å². The summed E-state index contributed by atoms with van der Waals surface area (Å²) in [6, 6.07) is 3.50. The monoisotopic (exact) mass is 413 g/mol. The lowest BCUT2D eigenvalue weighted by atomic mass is 9.94. The molecule has 1 N–H and O–H groups in total. The first-order chi connectivity index (χ1) is 14.5. The van der Waals surface area contributed by atoms with E-state index in [-0.39, 0.29) is 11.5 Å². The van der Waals surface area contributed by atoms with Crippen LogP contribution in [0.2, 0.25) is 0 Å². The first-order valence-electron chi connectivity index (χ1n) is 10.9. The van der Waals surface area contributed by atoms with Crippen LogP contribution < -0.4 is 10.9 Å². The Kier molecular flexibility index (Phi) is 5.94. The number of carbonyl (C=O) groups excluding carboxylic acids is 1. The molecule has 162 valence electrons. The summed E-state index contributed by atoms with van der Waals surface area (Å²) in [5.74, 6) is 0.443. The van der Waals surface area contributed by atoms with Crippen molar-refractivity contribution in [3.63, 3.8) is 0 Å². The minimum atomic E-state index is -0.682. The van der Waals surface area contributed by atoms with Gasteiger partial charge in [0.05, 0.1) is 11.8 Å². The molecule has 1 atom stereocenters. The minimum Gasteiger partial charge on any atom is -0.463 e. The van der Waals surface area contributed by atoms with Crippen molar-refractivity contribution < 1.29 is 9.21 Å². The Balaban J connectivity index is 1.38. The number of rotatable bonds is 7. The minimum absolute atomic E-state index is 0.191. The van der Waals surface area contributed by atoms with Gasteiger partial charge in [0.15, 0.2) is 5.58 Å². The van der Waals surface area contributed by atoms with Gasteiger partial charge in [-0.05, 0) is 46.7 Å².